The molecule has 0 saturated carbocycles. The van der Waals surface area contributed by atoms with Gasteiger partial charge in [-0.15, -0.1) is 0 Å². The second-order valence-electron chi connectivity index (χ2n) is 6.81. The largest absolute Gasteiger partial charge is 0.423 e. The summed E-state index contributed by atoms with van der Waals surface area (Å²) in [6, 6.07) is 11.9. The Kier molecular flexibility index (Phi) is 4.39. The lowest BCUT2D eigenvalue weighted by molar-refractivity contribution is 0.0736. The van der Waals surface area contributed by atoms with E-state index in [2.05, 4.69) is 9.71 Å². The van der Waals surface area contributed by atoms with Gasteiger partial charge in [-0.25, -0.2) is 13.2 Å². The lowest BCUT2D eigenvalue weighted by Gasteiger charge is -2.10. The highest BCUT2D eigenvalue weighted by Gasteiger charge is 2.20. The predicted molar refractivity (Wildman–Crippen MR) is 105 cm³/mol. The number of para-hydroxylation sites is 1. The number of benzene rings is 2. The number of sulfonamides is 1. The van der Waals surface area contributed by atoms with Crippen molar-refractivity contribution in [1.29, 1.82) is 0 Å². The quantitative estimate of drug-likeness (QED) is 0.531. The molecule has 0 bridgehead atoms. The number of carbonyl (C=O) groups excluding carboxylic acids is 1. The van der Waals surface area contributed by atoms with Crippen LogP contribution in [0.5, 0.6) is 5.75 Å². The number of aryl methyl sites for hydroxylation is 2. The number of esters is 1. The van der Waals surface area contributed by atoms with Crippen LogP contribution < -0.4 is 9.46 Å². The number of ether oxygens (including phenoxy) is 1. The summed E-state index contributed by atoms with van der Waals surface area (Å²) < 4.78 is 30.4. The fourth-order valence-electron chi connectivity index (χ4n) is 3.57. The van der Waals surface area contributed by atoms with Crippen LogP contribution in [-0.4, -0.2) is 25.6 Å². The predicted octanol–water partition coefficient (Wildman–Crippen LogP) is 3.64. The molecule has 1 aliphatic rings. The normalized spacial score (nSPS) is 14.0. The number of nitrogens with one attached hydrogen (secondary N) is 2. The third-order valence-electron chi connectivity index (χ3n) is 4.72. The summed E-state index contributed by atoms with van der Waals surface area (Å²) in [6.07, 6.45) is 5.45. The monoisotopic (exact) mass is 384 g/mol. The zero-order valence-electron chi connectivity index (χ0n) is 14.9. The van der Waals surface area contributed by atoms with E-state index in [1.807, 2.05) is 12.1 Å². The van der Waals surface area contributed by atoms with Crippen LogP contribution in [0.2, 0.25) is 0 Å². The maximum absolute atomic E-state index is 12.7. The molecule has 0 aliphatic heterocycles. The molecule has 0 spiro atoms. The molecular weight excluding hydrogens is 364 g/mol. The Labute approximate surface area is 157 Å². The van der Waals surface area contributed by atoms with Crippen molar-refractivity contribution in [3.63, 3.8) is 0 Å². The number of aromatic nitrogens is 1. The molecule has 0 atom stereocenters. The van der Waals surface area contributed by atoms with Gasteiger partial charge in [0.15, 0.2) is 0 Å². The number of fused-ring (bicyclic) bond motifs is 3. The van der Waals surface area contributed by atoms with Crippen LogP contribution in [0.4, 0.5) is 5.69 Å². The van der Waals surface area contributed by atoms with Gasteiger partial charge in [0.25, 0.3) is 0 Å². The van der Waals surface area contributed by atoms with E-state index >= 15 is 0 Å². The molecule has 2 N–H and O–H groups in total. The SMILES string of the molecule is CS(=O)(=O)Nc1ccc(OC(=O)c2cccc3c4c([nH]c23)CCCC4)cc1. The van der Waals surface area contributed by atoms with Crippen molar-refractivity contribution in [2.45, 2.75) is 25.7 Å². The zero-order chi connectivity index (χ0) is 19.0. The minimum atomic E-state index is -3.34. The van der Waals surface area contributed by atoms with Crippen LogP contribution in [0.15, 0.2) is 42.5 Å². The van der Waals surface area contributed by atoms with Crippen LogP contribution >= 0.6 is 0 Å². The zero-order valence-corrected chi connectivity index (χ0v) is 15.7. The molecule has 27 heavy (non-hydrogen) atoms. The number of hydrogen-bond acceptors (Lipinski definition) is 4. The second kappa shape index (κ2) is 6.74. The molecule has 0 radical (unpaired) electrons. The molecule has 7 heteroatoms. The average Bonchev–Trinajstić information content (AvgIpc) is 3.01. The van der Waals surface area contributed by atoms with E-state index < -0.39 is 16.0 Å². The van der Waals surface area contributed by atoms with E-state index in [1.54, 1.807) is 30.3 Å². The van der Waals surface area contributed by atoms with E-state index in [4.69, 9.17) is 4.74 Å². The number of anilines is 1. The minimum Gasteiger partial charge on any atom is -0.423 e. The standard InChI is InChI=1S/C20H20N2O4S/c1-27(24,25)22-13-9-11-14(12-10-13)26-20(23)17-7-4-6-16-15-5-2-3-8-18(15)21-19(16)17/h4,6-7,9-12,21-22H,2-3,5,8H2,1H3. The van der Waals surface area contributed by atoms with E-state index in [0.29, 0.717) is 17.0 Å². The molecule has 1 aromatic heterocycles. The Morgan fingerprint density at radius 3 is 2.56 bits per heavy atom. The van der Waals surface area contributed by atoms with Gasteiger partial charge in [0.05, 0.1) is 17.3 Å². The molecular formula is C20H20N2O4S. The van der Waals surface area contributed by atoms with Crippen LogP contribution in [0.25, 0.3) is 10.9 Å². The van der Waals surface area contributed by atoms with Crippen molar-refractivity contribution in [3.05, 3.63) is 59.3 Å². The highest BCUT2D eigenvalue weighted by Crippen LogP contribution is 2.31. The molecule has 0 unspecified atom stereocenters. The van der Waals surface area contributed by atoms with Crippen LogP contribution in [0.1, 0.15) is 34.5 Å². The van der Waals surface area contributed by atoms with Gasteiger partial charge >= 0.3 is 5.97 Å². The van der Waals surface area contributed by atoms with Crippen molar-refractivity contribution in [2.24, 2.45) is 0 Å². The first-order chi connectivity index (χ1) is 12.9. The number of H-pyrrole nitrogens is 1. The lowest BCUT2D eigenvalue weighted by atomic mass is 9.95. The minimum absolute atomic E-state index is 0.354. The van der Waals surface area contributed by atoms with Crippen molar-refractivity contribution < 1.29 is 17.9 Å². The van der Waals surface area contributed by atoms with Crippen molar-refractivity contribution >= 4 is 32.6 Å². The van der Waals surface area contributed by atoms with Crippen molar-refractivity contribution in [1.82, 2.24) is 4.98 Å². The molecule has 0 amide bonds. The third kappa shape index (κ3) is 3.68. The molecule has 4 rings (SSSR count). The maximum Gasteiger partial charge on any atom is 0.345 e. The van der Waals surface area contributed by atoms with Gasteiger partial charge in [-0.05, 0) is 61.6 Å². The van der Waals surface area contributed by atoms with E-state index in [9.17, 15) is 13.2 Å². The number of aromatic amines is 1. The number of carbonyl (C=O) groups is 1. The maximum atomic E-state index is 12.7. The van der Waals surface area contributed by atoms with Gasteiger partial charge < -0.3 is 9.72 Å². The molecule has 1 aliphatic carbocycles. The average molecular weight is 384 g/mol. The third-order valence-corrected chi connectivity index (χ3v) is 5.33. The highest BCUT2D eigenvalue weighted by molar-refractivity contribution is 7.92. The van der Waals surface area contributed by atoms with Crippen LogP contribution in [0.3, 0.4) is 0 Å². The highest BCUT2D eigenvalue weighted by atomic mass is 32.2. The molecule has 1 heterocycles. The Hall–Kier alpha value is -2.80. The molecule has 6 nitrogen and oxygen atoms in total. The molecule has 140 valence electrons. The van der Waals surface area contributed by atoms with Gasteiger partial charge in [-0.1, -0.05) is 12.1 Å². The summed E-state index contributed by atoms with van der Waals surface area (Å²) in [5, 5.41) is 1.09. The summed E-state index contributed by atoms with van der Waals surface area (Å²) in [5.41, 5.74) is 4.26. The first kappa shape index (κ1) is 17.6. The van der Waals surface area contributed by atoms with E-state index in [0.717, 1.165) is 36.4 Å². The van der Waals surface area contributed by atoms with Crippen molar-refractivity contribution in [3.8, 4) is 5.75 Å². The fraction of sp³-hybridized carbons (Fsp3) is 0.250. The van der Waals surface area contributed by atoms with Crippen LogP contribution in [0, 0.1) is 0 Å². The summed E-state index contributed by atoms with van der Waals surface area (Å²) in [6.45, 7) is 0. The number of rotatable bonds is 4. The smallest absolute Gasteiger partial charge is 0.345 e. The molecule has 0 saturated heterocycles. The first-order valence-electron chi connectivity index (χ1n) is 8.83. The summed E-state index contributed by atoms with van der Waals surface area (Å²) in [7, 11) is -3.34. The Morgan fingerprint density at radius 2 is 1.81 bits per heavy atom. The van der Waals surface area contributed by atoms with Gasteiger partial charge in [-0.2, -0.15) is 0 Å². The summed E-state index contributed by atoms with van der Waals surface area (Å²) in [5.74, 6) is -0.0876. The fourth-order valence-corrected chi connectivity index (χ4v) is 4.13. The first-order valence-corrected chi connectivity index (χ1v) is 10.7. The summed E-state index contributed by atoms with van der Waals surface area (Å²) >= 11 is 0. The van der Waals surface area contributed by atoms with Crippen LogP contribution in [-0.2, 0) is 22.9 Å². The van der Waals surface area contributed by atoms with E-state index in [-0.39, 0.29) is 0 Å². The Morgan fingerprint density at radius 1 is 1.07 bits per heavy atom. The van der Waals surface area contributed by atoms with Gasteiger partial charge in [0, 0.05) is 16.8 Å². The van der Waals surface area contributed by atoms with Gasteiger partial charge in [0.1, 0.15) is 5.75 Å². The van der Waals surface area contributed by atoms with Crippen molar-refractivity contribution in [2.75, 3.05) is 11.0 Å². The molecule has 2 aromatic carbocycles. The van der Waals surface area contributed by atoms with Gasteiger partial charge in [-0.3, -0.25) is 4.72 Å². The Balaban J connectivity index is 1.59. The Bertz CT molecular complexity index is 1110. The molecule has 0 fully saturated rings. The molecule has 3 aromatic rings. The second-order valence-corrected chi connectivity index (χ2v) is 8.55. The summed E-state index contributed by atoms with van der Waals surface area (Å²) in [4.78, 5) is 16.1. The lowest BCUT2D eigenvalue weighted by Crippen LogP contribution is -2.10. The topological polar surface area (TPSA) is 88.3 Å². The van der Waals surface area contributed by atoms with E-state index in [1.165, 1.54) is 17.7 Å². The van der Waals surface area contributed by atoms with Gasteiger partial charge in [0.2, 0.25) is 10.0 Å². The number of hydrogen-bond donors (Lipinski definition) is 2.